The third kappa shape index (κ3) is 3.99. The van der Waals surface area contributed by atoms with E-state index >= 15 is 0 Å². The van der Waals surface area contributed by atoms with E-state index in [4.69, 9.17) is 0 Å². The monoisotopic (exact) mass is 255 g/mol. The number of allylic oxidation sites excluding steroid dienone is 6. The molecule has 0 aromatic rings. The highest BCUT2D eigenvalue weighted by Gasteiger charge is 2.15. The van der Waals surface area contributed by atoms with E-state index < -0.39 is 0 Å². The lowest BCUT2D eigenvalue weighted by Gasteiger charge is -2.21. The van der Waals surface area contributed by atoms with E-state index in [0.717, 1.165) is 6.42 Å². The van der Waals surface area contributed by atoms with E-state index in [-0.39, 0.29) is 5.41 Å². The van der Waals surface area contributed by atoms with Gasteiger partial charge in [0, 0.05) is 11.6 Å². The third-order valence-corrected chi connectivity index (χ3v) is 3.47. The molecule has 0 saturated carbocycles. The first kappa shape index (κ1) is 13.9. The zero-order valence-corrected chi connectivity index (χ0v) is 12.5. The van der Waals surface area contributed by atoms with E-state index in [0.29, 0.717) is 12.0 Å². The Morgan fingerprint density at radius 2 is 2.00 bits per heavy atom. The molecule has 1 nitrogen and oxygen atoms in total. The molecule has 19 heavy (non-hydrogen) atoms. The number of hydrogen-bond acceptors (Lipinski definition) is 1. The summed E-state index contributed by atoms with van der Waals surface area (Å²) < 4.78 is 0. The van der Waals surface area contributed by atoms with Gasteiger partial charge in [-0.2, -0.15) is 0 Å². The molecule has 2 rings (SSSR count). The molecule has 0 radical (unpaired) electrons. The number of rotatable bonds is 3. The summed E-state index contributed by atoms with van der Waals surface area (Å²) in [4.78, 5) is 0. The predicted molar refractivity (Wildman–Crippen MR) is 83.7 cm³/mol. The zero-order chi connectivity index (χ0) is 13.9. The van der Waals surface area contributed by atoms with Crippen molar-refractivity contribution in [1.82, 2.24) is 5.32 Å². The molecule has 1 unspecified atom stereocenters. The van der Waals surface area contributed by atoms with Crippen LogP contribution in [0.3, 0.4) is 0 Å². The Balaban J connectivity index is 2.04. The summed E-state index contributed by atoms with van der Waals surface area (Å²) in [7, 11) is 0. The lowest BCUT2D eigenvalue weighted by molar-refractivity contribution is 0.625. The maximum absolute atomic E-state index is 3.50. The summed E-state index contributed by atoms with van der Waals surface area (Å²) >= 11 is 0. The standard InChI is InChI=1S/C18H25N/c1-14(2)12-15-7-8-17(19-13-15)16-6-5-10-18(3,4)11-9-16/h5-11,13-14,17,19H,12H2,1-4H3. The summed E-state index contributed by atoms with van der Waals surface area (Å²) in [6, 6.07) is 0.297. The van der Waals surface area contributed by atoms with Crippen LogP contribution in [0, 0.1) is 11.3 Å². The highest BCUT2D eigenvalue weighted by molar-refractivity contribution is 5.40. The molecular weight excluding hydrogens is 230 g/mol. The van der Waals surface area contributed by atoms with Crippen LogP contribution in [-0.2, 0) is 0 Å². The van der Waals surface area contributed by atoms with E-state index in [9.17, 15) is 0 Å². The van der Waals surface area contributed by atoms with E-state index in [1.54, 1.807) is 0 Å². The Hall–Kier alpha value is -1.50. The van der Waals surface area contributed by atoms with E-state index in [1.807, 2.05) is 0 Å². The SMILES string of the molecule is CC(C)CC1=CNC(C2=CC=CC(C)(C)C=C2)C=C1. The molecule has 1 heteroatoms. The van der Waals surface area contributed by atoms with Gasteiger partial charge >= 0.3 is 0 Å². The van der Waals surface area contributed by atoms with E-state index in [2.05, 4.69) is 81.7 Å². The quantitative estimate of drug-likeness (QED) is 0.781. The van der Waals surface area contributed by atoms with Crippen LogP contribution in [-0.4, -0.2) is 6.04 Å². The van der Waals surface area contributed by atoms with Gasteiger partial charge in [0.15, 0.2) is 0 Å². The summed E-state index contributed by atoms with van der Waals surface area (Å²) in [6.45, 7) is 8.96. The maximum Gasteiger partial charge on any atom is 0.0695 e. The Kier molecular flexibility index (Phi) is 4.14. The average Bonchev–Trinajstić information content (AvgIpc) is 2.51. The topological polar surface area (TPSA) is 12.0 Å². The molecule has 0 saturated heterocycles. The van der Waals surface area contributed by atoms with Crippen molar-refractivity contribution in [1.29, 1.82) is 0 Å². The molecule has 1 heterocycles. The van der Waals surface area contributed by atoms with Crippen LogP contribution in [0.15, 0.2) is 59.9 Å². The van der Waals surface area contributed by atoms with E-state index in [1.165, 1.54) is 11.1 Å². The van der Waals surface area contributed by atoms with Gasteiger partial charge in [0.25, 0.3) is 0 Å². The van der Waals surface area contributed by atoms with Crippen molar-refractivity contribution in [2.75, 3.05) is 0 Å². The molecule has 0 fully saturated rings. The Bertz CT molecular complexity index is 470. The second kappa shape index (κ2) is 5.64. The minimum absolute atomic E-state index is 0.148. The van der Waals surface area contributed by atoms with Crippen molar-refractivity contribution >= 4 is 0 Å². The molecule has 0 spiro atoms. The number of nitrogens with one attached hydrogen (secondary N) is 1. The fraction of sp³-hybridized carbons (Fsp3) is 0.444. The molecular formula is C18H25N. The van der Waals surface area contributed by atoms with Crippen molar-refractivity contribution in [2.24, 2.45) is 11.3 Å². The Labute approximate surface area is 117 Å². The highest BCUT2D eigenvalue weighted by Crippen LogP contribution is 2.25. The highest BCUT2D eigenvalue weighted by atomic mass is 14.9. The lowest BCUT2D eigenvalue weighted by Crippen LogP contribution is -2.26. The minimum atomic E-state index is 0.148. The van der Waals surface area contributed by atoms with Gasteiger partial charge in [-0.05, 0) is 23.5 Å². The Morgan fingerprint density at radius 1 is 1.21 bits per heavy atom. The summed E-state index contributed by atoms with van der Waals surface area (Å²) in [6.07, 6.45) is 18.9. The van der Waals surface area contributed by atoms with Crippen molar-refractivity contribution in [3.8, 4) is 0 Å². The van der Waals surface area contributed by atoms with Gasteiger partial charge in [-0.25, -0.2) is 0 Å². The van der Waals surface area contributed by atoms with Crippen molar-refractivity contribution in [2.45, 2.75) is 40.2 Å². The van der Waals surface area contributed by atoms with Crippen LogP contribution in [0.5, 0.6) is 0 Å². The maximum atomic E-state index is 3.50. The molecule has 1 aliphatic heterocycles. The van der Waals surface area contributed by atoms with Crippen LogP contribution in [0.25, 0.3) is 0 Å². The van der Waals surface area contributed by atoms with Crippen LogP contribution in [0.2, 0.25) is 0 Å². The van der Waals surface area contributed by atoms with Gasteiger partial charge in [0.05, 0.1) is 6.04 Å². The molecule has 0 amide bonds. The first-order chi connectivity index (χ1) is 8.96. The van der Waals surface area contributed by atoms with Crippen molar-refractivity contribution in [3.63, 3.8) is 0 Å². The van der Waals surface area contributed by atoms with Gasteiger partial charge in [-0.1, -0.05) is 70.2 Å². The molecule has 0 bridgehead atoms. The smallest absolute Gasteiger partial charge is 0.0695 e. The summed E-state index contributed by atoms with van der Waals surface area (Å²) in [5.41, 5.74) is 2.85. The molecule has 1 atom stereocenters. The number of hydrogen-bond donors (Lipinski definition) is 1. The first-order valence-electron chi connectivity index (χ1n) is 7.18. The zero-order valence-electron chi connectivity index (χ0n) is 12.5. The normalized spacial score (nSPS) is 24.8. The number of dihydropyridines is 1. The van der Waals surface area contributed by atoms with Crippen LogP contribution in [0.1, 0.15) is 34.1 Å². The van der Waals surface area contributed by atoms with Gasteiger partial charge in [0.2, 0.25) is 0 Å². The van der Waals surface area contributed by atoms with Crippen LogP contribution >= 0.6 is 0 Å². The minimum Gasteiger partial charge on any atom is -0.380 e. The van der Waals surface area contributed by atoms with Crippen LogP contribution in [0.4, 0.5) is 0 Å². The summed E-state index contributed by atoms with van der Waals surface area (Å²) in [5.74, 6) is 0.704. The fourth-order valence-corrected chi connectivity index (χ4v) is 2.36. The molecule has 102 valence electrons. The molecule has 0 aromatic carbocycles. The summed E-state index contributed by atoms with van der Waals surface area (Å²) in [5, 5.41) is 3.50. The molecule has 1 N–H and O–H groups in total. The second-order valence-corrected chi connectivity index (χ2v) is 6.50. The first-order valence-corrected chi connectivity index (χ1v) is 7.18. The van der Waals surface area contributed by atoms with Crippen molar-refractivity contribution < 1.29 is 0 Å². The van der Waals surface area contributed by atoms with Gasteiger partial charge in [0.1, 0.15) is 0 Å². The predicted octanol–water partition coefficient (Wildman–Crippen LogP) is 4.52. The average molecular weight is 255 g/mol. The molecule has 2 aliphatic rings. The van der Waals surface area contributed by atoms with Gasteiger partial charge in [-0.15, -0.1) is 0 Å². The van der Waals surface area contributed by atoms with Gasteiger partial charge in [-0.3, -0.25) is 0 Å². The van der Waals surface area contributed by atoms with Crippen LogP contribution < -0.4 is 5.32 Å². The van der Waals surface area contributed by atoms with Gasteiger partial charge < -0.3 is 5.32 Å². The lowest BCUT2D eigenvalue weighted by atomic mass is 9.92. The molecule has 0 aromatic heterocycles. The Morgan fingerprint density at radius 3 is 2.63 bits per heavy atom. The molecule has 1 aliphatic carbocycles. The fourth-order valence-electron chi connectivity index (χ4n) is 2.36. The second-order valence-electron chi connectivity index (χ2n) is 6.50. The largest absolute Gasteiger partial charge is 0.380 e. The van der Waals surface area contributed by atoms with Crippen molar-refractivity contribution in [3.05, 3.63) is 59.9 Å². The third-order valence-electron chi connectivity index (χ3n) is 3.47.